The number of rotatable bonds is 3. The summed E-state index contributed by atoms with van der Waals surface area (Å²) in [6.07, 6.45) is -1.61. The molecule has 8 nitrogen and oxygen atoms in total. The second-order valence-electron chi connectivity index (χ2n) is 4.08. The number of aromatic amines is 1. The van der Waals surface area contributed by atoms with Gasteiger partial charge in [0.25, 0.3) is 5.56 Å². The average Bonchev–Trinajstić information content (AvgIpc) is 2.66. The van der Waals surface area contributed by atoms with Crippen LogP contribution >= 0.6 is 0 Å². The van der Waals surface area contributed by atoms with E-state index in [-0.39, 0.29) is 0 Å². The van der Waals surface area contributed by atoms with Crippen molar-refractivity contribution in [3.8, 4) is 0 Å². The summed E-state index contributed by atoms with van der Waals surface area (Å²) in [5.74, 6) is 0. The van der Waals surface area contributed by atoms with Crippen molar-refractivity contribution in [2.24, 2.45) is 0 Å². The van der Waals surface area contributed by atoms with Crippen molar-refractivity contribution in [3.05, 3.63) is 33.1 Å². The molecule has 0 spiro atoms. The Morgan fingerprint density at radius 1 is 1.28 bits per heavy atom. The van der Waals surface area contributed by atoms with Crippen LogP contribution in [0.15, 0.2) is 21.9 Å². The molecule has 4 N–H and O–H groups in total. The number of H-pyrrole nitrogens is 1. The second kappa shape index (κ2) is 5.02. The lowest BCUT2D eigenvalue weighted by Gasteiger charge is -2.20. The Morgan fingerprint density at radius 2 is 1.94 bits per heavy atom. The molecule has 18 heavy (non-hydrogen) atoms. The van der Waals surface area contributed by atoms with Crippen LogP contribution in [-0.2, 0) is 4.74 Å². The lowest BCUT2D eigenvalue weighted by Crippen LogP contribution is -2.40. The monoisotopic (exact) mass is 258 g/mol. The first-order valence-corrected chi connectivity index (χ1v) is 5.45. The third-order valence-electron chi connectivity index (χ3n) is 2.99. The van der Waals surface area contributed by atoms with Gasteiger partial charge in [-0.25, -0.2) is 4.79 Å². The molecule has 0 unspecified atom stereocenters. The highest BCUT2D eigenvalue weighted by Gasteiger charge is 2.44. The number of ether oxygens (including phenoxy) is 1. The molecule has 1 fully saturated rings. The SMILES string of the molecule is O=c1ccn([C@H]2[C@H](O)[C@@H](CO)O[C@@H]2CO)c(=O)[nH]1. The summed E-state index contributed by atoms with van der Waals surface area (Å²) in [6, 6.07) is 0.283. The van der Waals surface area contributed by atoms with Gasteiger partial charge < -0.3 is 20.1 Å². The molecule has 2 rings (SSSR count). The van der Waals surface area contributed by atoms with E-state index in [2.05, 4.69) is 4.98 Å². The standard InChI is InChI=1S/C10H14N2O6/c13-3-5-8(9(16)6(4-14)18-5)12-2-1-7(15)11-10(12)17/h1-2,5-6,8-9,13-14,16H,3-4H2,(H,11,15,17)/t5-,6-,8-,9-/m1/s1. The fourth-order valence-corrected chi connectivity index (χ4v) is 2.13. The molecule has 0 saturated carbocycles. The highest BCUT2D eigenvalue weighted by atomic mass is 16.5. The predicted octanol–water partition coefficient (Wildman–Crippen LogP) is -2.81. The first-order valence-electron chi connectivity index (χ1n) is 5.45. The van der Waals surface area contributed by atoms with E-state index in [0.717, 1.165) is 10.6 Å². The number of hydrogen-bond donors (Lipinski definition) is 4. The van der Waals surface area contributed by atoms with Crippen LogP contribution in [0.2, 0.25) is 0 Å². The minimum atomic E-state index is -1.14. The Morgan fingerprint density at radius 3 is 2.50 bits per heavy atom. The van der Waals surface area contributed by atoms with Gasteiger partial charge in [-0.15, -0.1) is 0 Å². The zero-order valence-electron chi connectivity index (χ0n) is 9.39. The normalized spacial score (nSPS) is 31.7. The van der Waals surface area contributed by atoms with Gasteiger partial charge in [-0.05, 0) is 0 Å². The van der Waals surface area contributed by atoms with Gasteiger partial charge in [0.1, 0.15) is 18.3 Å². The summed E-state index contributed by atoms with van der Waals surface area (Å²) in [6.45, 7) is -0.837. The third-order valence-corrected chi connectivity index (χ3v) is 2.99. The van der Waals surface area contributed by atoms with Crippen LogP contribution in [0.25, 0.3) is 0 Å². The second-order valence-corrected chi connectivity index (χ2v) is 4.08. The molecule has 8 heteroatoms. The molecule has 1 aromatic heterocycles. The summed E-state index contributed by atoms with van der Waals surface area (Å²) < 4.78 is 6.31. The molecule has 1 aliphatic rings. The lowest BCUT2D eigenvalue weighted by molar-refractivity contribution is -0.0362. The Labute approximate surface area is 101 Å². The first-order chi connectivity index (χ1) is 8.58. The van der Waals surface area contributed by atoms with E-state index in [4.69, 9.17) is 14.9 Å². The fraction of sp³-hybridized carbons (Fsp3) is 0.600. The minimum absolute atomic E-state index is 0.413. The molecular formula is C10H14N2O6. The van der Waals surface area contributed by atoms with Gasteiger partial charge in [-0.3, -0.25) is 14.3 Å². The third kappa shape index (κ3) is 2.10. The number of nitrogens with one attached hydrogen (secondary N) is 1. The van der Waals surface area contributed by atoms with Gasteiger partial charge in [0.2, 0.25) is 0 Å². The molecular weight excluding hydrogens is 244 g/mol. The molecule has 0 aliphatic carbocycles. The van der Waals surface area contributed by atoms with E-state index in [1.54, 1.807) is 0 Å². The Hall–Kier alpha value is -1.48. The number of aliphatic hydroxyl groups excluding tert-OH is 3. The van der Waals surface area contributed by atoms with E-state index < -0.39 is 48.8 Å². The maximum absolute atomic E-state index is 11.6. The summed E-state index contributed by atoms with van der Waals surface area (Å²) >= 11 is 0. The van der Waals surface area contributed by atoms with E-state index in [1.165, 1.54) is 6.20 Å². The summed E-state index contributed by atoms with van der Waals surface area (Å²) in [7, 11) is 0. The van der Waals surface area contributed by atoms with Crippen molar-refractivity contribution < 1.29 is 20.1 Å². The zero-order valence-corrected chi connectivity index (χ0v) is 9.39. The lowest BCUT2D eigenvalue weighted by atomic mass is 10.1. The molecule has 0 bridgehead atoms. The van der Waals surface area contributed by atoms with Crippen LogP contribution in [-0.4, -0.2) is 56.4 Å². The molecule has 1 aromatic rings. The average molecular weight is 258 g/mol. The van der Waals surface area contributed by atoms with Gasteiger partial charge in [0.05, 0.1) is 19.3 Å². The fourth-order valence-electron chi connectivity index (χ4n) is 2.13. The molecule has 0 radical (unpaired) electrons. The van der Waals surface area contributed by atoms with E-state index in [0.29, 0.717) is 0 Å². The number of nitrogens with zero attached hydrogens (tertiary/aromatic N) is 1. The summed E-state index contributed by atoms with van der Waals surface area (Å²) in [4.78, 5) is 24.6. The molecule has 2 heterocycles. The minimum Gasteiger partial charge on any atom is -0.394 e. The molecule has 100 valence electrons. The largest absolute Gasteiger partial charge is 0.394 e. The van der Waals surface area contributed by atoms with Crippen LogP contribution in [0.4, 0.5) is 0 Å². The number of aliphatic hydroxyl groups is 3. The van der Waals surface area contributed by atoms with Crippen molar-refractivity contribution >= 4 is 0 Å². The quantitative estimate of drug-likeness (QED) is 0.464. The van der Waals surface area contributed by atoms with Crippen molar-refractivity contribution in [1.29, 1.82) is 0 Å². The van der Waals surface area contributed by atoms with Crippen LogP contribution in [0, 0.1) is 0 Å². The van der Waals surface area contributed by atoms with Crippen molar-refractivity contribution in [2.45, 2.75) is 24.4 Å². The van der Waals surface area contributed by atoms with Crippen LogP contribution in [0.3, 0.4) is 0 Å². The topological polar surface area (TPSA) is 125 Å². The van der Waals surface area contributed by atoms with Crippen molar-refractivity contribution in [2.75, 3.05) is 13.2 Å². The molecule has 1 aliphatic heterocycles. The highest BCUT2D eigenvalue weighted by Crippen LogP contribution is 2.29. The van der Waals surface area contributed by atoms with Gasteiger partial charge in [-0.1, -0.05) is 0 Å². The Kier molecular flexibility index (Phi) is 3.62. The molecule has 0 aromatic carbocycles. The highest BCUT2D eigenvalue weighted by molar-refractivity contribution is 4.97. The van der Waals surface area contributed by atoms with Gasteiger partial charge in [0, 0.05) is 12.3 Å². The maximum atomic E-state index is 11.6. The first kappa shape index (κ1) is 13.0. The van der Waals surface area contributed by atoms with Gasteiger partial charge in [-0.2, -0.15) is 0 Å². The predicted molar refractivity (Wildman–Crippen MR) is 59.2 cm³/mol. The van der Waals surface area contributed by atoms with E-state index in [1.807, 2.05) is 0 Å². The van der Waals surface area contributed by atoms with Crippen molar-refractivity contribution in [3.63, 3.8) is 0 Å². The zero-order chi connectivity index (χ0) is 13.3. The molecule has 0 amide bonds. The van der Waals surface area contributed by atoms with E-state index in [9.17, 15) is 14.7 Å². The smallest absolute Gasteiger partial charge is 0.328 e. The van der Waals surface area contributed by atoms with E-state index >= 15 is 0 Å². The Balaban J connectivity index is 2.41. The molecule has 1 saturated heterocycles. The number of hydrogen-bond acceptors (Lipinski definition) is 6. The maximum Gasteiger partial charge on any atom is 0.328 e. The van der Waals surface area contributed by atoms with Crippen molar-refractivity contribution in [1.82, 2.24) is 9.55 Å². The molecule has 4 atom stereocenters. The van der Waals surface area contributed by atoms with Crippen LogP contribution < -0.4 is 11.2 Å². The number of aromatic nitrogens is 2. The summed E-state index contributed by atoms with van der Waals surface area (Å²) in [5.41, 5.74) is -1.25. The van der Waals surface area contributed by atoms with Gasteiger partial charge in [0.15, 0.2) is 0 Å². The van der Waals surface area contributed by atoms with Crippen LogP contribution in [0.1, 0.15) is 6.04 Å². The Bertz CT molecular complexity index is 522. The van der Waals surface area contributed by atoms with Crippen LogP contribution in [0.5, 0.6) is 0 Å². The van der Waals surface area contributed by atoms with Gasteiger partial charge >= 0.3 is 5.69 Å². The summed E-state index contributed by atoms with van der Waals surface area (Å²) in [5, 5.41) is 28.1.